The molecule has 98 valence electrons. The Labute approximate surface area is 117 Å². The summed E-state index contributed by atoms with van der Waals surface area (Å²) >= 11 is 0. The molecule has 0 amide bonds. The van der Waals surface area contributed by atoms with Crippen molar-refractivity contribution in [2.45, 2.75) is 13.5 Å². The predicted octanol–water partition coefficient (Wildman–Crippen LogP) is 3.77. The predicted molar refractivity (Wildman–Crippen MR) is 81.1 cm³/mol. The highest BCUT2D eigenvalue weighted by Gasteiger charge is 2.19. The van der Waals surface area contributed by atoms with Crippen molar-refractivity contribution in [2.24, 2.45) is 0 Å². The van der Waals surface area contributed by atoms with Crippen LogP contribution in [-0.2, 0) is 6.54 Å². The van der Waals surface area contributed by atoms with Crippen LogP contribution >= 0.6 is 0 Å². The minimum Gasteiger partial charge on any atom is -0.378 e. The number of hydrogen-bond donors (Lipinski definition) is 1. The van der Waals surface area contributed by atoms with E-state index in [4.69, 9.17) is 0 Å². The van der Waals surface area contributed by atoms with E-state index >= 15 is 0 Å². The maximum atomic E-state index is 4.62. The van der Waals surface area contributed by atoms with Crippen LogP contribution in [-0.4, -0.2) is 9.55 Å². The lowest BCUT2D eigenvalue weighted by Gasteiger charge is -2.21. The highest BCUT2D eigenvalue weighted by atomic mass is 15.1. The summed E-state index contributed by atoms with van der Waals surface area (Å²) in [6.45, 7) is 2.91. The van der Waals surface area contributed by atoms with Crippen molar-refractivity contribution in [3.8, 4) is 16.9 Å². The van der Waals surface area contributed by atoms with Gasteiger partial charge in [0, 0.05) is 5.56 Å². The fraction of sp³-hybridized carbons (Fsp3) is 0.118. The van der Waals surface area contributed by atoms with Crippen molar-refractivity contribution >= 4 is 5.69 Å². The SMILES string of the molecule is Cc1ccc(-c2ncn3c2CNc2ccccc2-3)cc1. The Kier molecular flexibility index (Phi) is 2.39. The molecule has 4 rings (SSSR count). The summed E-state index contributed by atoms with van der Waals surface area (Å²) in [4.78, 5) is 4.62. The molecule has 1 N–H and O–H groups in total. The number of benzene rings is 2. The molecule has 1 aliphatic rings. The molecule has 20 heavy (non-hydrogen) atoms. The Morgan fingerprint density at radius 3 is 2.70 bits per heavy atom. The lowest BCUT2D eigenvalue weighted by molar-refractivity contribution is 0.907. The van der Waals surface area contributed by atoms with E-state index in [2.05, 4.69) is 70.3 Å². The topological polar surface area (TPSA) is 29.9 Å². The molecule has 0 aliphatic carbocycles. The Morgan fingerprint density at radius 1 is 1.05 bits per heavy atom. The van der Waals surface area contributed by atoms with E-state index in [1.807, 2.05) is 6.33 Å². The molecule has 1 aromatic heterocycles. The van der Waals surface area contributed by atoms with Crippen LogP contribution in [0.2, 0.25) is 0 Å². The normalized spacial score (nSPS) is 12.4. The summed E-state index contributed by atoms with van der Waals surface area (Å²) in [5.41, 5.74) is 7.04. The summed E-state index contributed by atoms with van der Waals surface area (Å²) < 4.78 is 2.18. The minimum atomic E-state index is 0.806. The number of aryl methyl sites for hydroxylation is 1. The zero-order valence-corrected chi connectivity index (χ0v) is 11.3. The van der Waals surface area contributed by atoms with Gasteiger partial charge in [0.2, 0.25) is 0 Å². The molecule has 0 saturated carbocycles. The Hall–Kier alpha value is -2.55. The molecule has 0 radical (unpaired) electrons. The van der Waals surface area contributed by atoms with Gasteiger partial charge in [-0.2, -0.15) is 0 Å². The molecule has 2 heterocycles. The second-order valence-corrected chi connectivity index (χ2v) is 5.15. The number of rotatable bonds is 1. The number of nitrogens with one attached hydrogen (secondary N) is 1. The number of imidazole rings is 1. The van der Waals surface area contributed by atoms with Crippen LogP contribution in [0.5, 0.6) is 0 Å². The average Bonchev–Trinajstić information content (AvgIpc) is 2.92. The van der Waals surface area contributed by atoms with Crippen molar-refractivity contribution in [1.82, 2.24) is 9.55 Å². The molecule has 0 fully saturated rings. The summed E-state index contributed by atoms with van der Waals surface area (Å²) in [5.74, 6) is 0. The van der Waals surface area contributed by atoms with Crippen LogP contribution in [0.25, 0.3) is 16.9 Å². The number of fused-ring (bicyclic) bond motifs is 3. The van der Waals surface area contributed by atoms with E-state index < -0.39 is 0 Å². The largest absolute Gasteiger partial charge is 0.378 e. The lowest BCUT2D eigenvalue weighted by Crippen LogP contribution is -2.14. The van der Waals surface area contributed by atoms with E-state index in [1.54, 1.807) is 0 Å². The number of para-hydroxylation sites is 2. The fourth-order valence-electron chi connectivity index (χ4n) is 2.71. The summed E-state index contributed by atoms with van der Waals surface area (Å²) in [6.07, 6.45) is 1.92. The number of hydrogen-bond acceptors (Lipinski definition) is 2. The second kappa shape index (κ2) is 4.23. The molecule has 2 aromatic carbocycles. The second-order valence-electron chi connectivity index (χ2n) is 5.15. The van der Waals surface area contributed by atoms with Gasteiger partial charge in [-0.15, -0.1) is 0 Å². The first-order chi connectivity index (χ1) is 9.83. The van der Waals surface area contributed by atoms with Crippen molar-refractivity contribution in [3.63, 3.8) is 0 Å². The van der Waals surface area contributed by atoms with Gasteiger partial charge in [0.15, 0.2) is 0 Å². The Bertz CT molecular complexity index is 769. The lowest BCUT2D eigenvalue weighted by atomic mass is 10.1. The first kappa shape index (κ1) is 11.3. The Balaban J connectivity index is 1.87. The van der Waals surface area contributed by atoms with E-state index in [9.17, 15) is 0 Å². The third kappa shape index (κ3) is 1.63. The molecule has 0 bridgehead atoms. The summed E-state index contributed by atoms with van der Waals surface area (Å²) in [6, 6.07) is 16.9. The molecule has 3 heteroatoms. The van der Waals surface area contributed by atoms with Gasteiger partial charge in [-0.05, 0) is 19.1 Å². The van der Waals surface area contributed by atoms with Crippen molar-refractivity contribution in [1.29, 1.82) is 0 Å². The smallest absolute Gasteiger partial charge is 0.100 e. The number of nitrogens with zero attached hydrogens (tertiary/aromatic N) is 2. The molecular formula is C17H15N3. The molecule has 3 nitrogen and oxygen atoms in total. The van der Waals surface area contributed by atoms with Crippen molar-refractivity contribution in [2.75, 3.05) is 5.32 Å². The molecule has 0 atom stereocenters. The van der Waals surface area contributed by atoms with Crippen molar-refractivity contribution in [3.05, 3.63) is 66.1 Å². The molecular weight excluding hydrogens is 246 g/mol. The fourth-order valence-corrected chi connectivity index (χ4v) is 2.71. The van der Waals surface area contributed by atoms with Gasteiger partial charge in [-0.1, -0.05) is 42.0 Å². The standard InChI is InChI=1S/C17H15N3/c1-12-6-8-13(9-7-12)17-16-10-18-14-4-2-3-5-15(14)20(16)11-19-17/h2-9,11,18H,10H2,1H3. The van der Waals surface area contributed by atoms with E-state index in [-0.39, 0.29) is 0 Å². The number of anilines is 1. The van der Waals surface area contributed by atoms with Crippen LogP contribution in [0.3, 0.4) is 0 Å². The van der Waals surface area contributed by atoms with Crippen LogP contribution < -0.4 is 5.32 Å². The van der Waals surface area contributed by atoms with Gasteiger partial charge in [0.25, 0.3) is 0 Å². The summed E-state index contributed by atoms with van der Waals surface area (Å²) in [7, 11) is 0. The van der Waals surface area contributed by atoms with Gasteiger partial charge in [-0.25, -0.2) is 4.98 Å². The van der Waals surface area contributed by atoms with E-state index in [0.29, 0.717) is 0 Å². The zero-order chi connectivity index (χ0) is 13.5. The first-order valence-corrected chi connectivity index (χ1v) is 6.79. The molecule has 0 saturated heterocycles. The van der Waals surface area contributed by atoms with E-state index in [1.165, 1.54) is 22.5 Å². The van der Waals surface area contributed by atoms with Gasteiger partial charge < -0.3 is 5.32 Å². The maximum absolute atomic E-state index is 4.62. The summed E-state index contributed by atoms with van der Waals surface area (Å²) in [5, 5.41) is 3.47. The van der Waals surface area contributed by atoms with Gasteiger partial charge >= 0.3 is 0 Å². The third-order valence-corrected chi connectivity index (χ3v) is 3.80. The maximum Gasteiger partial charge on any atom is 0.100 e. The van der Waals surface area contributed by atoms with Crippen molar-refractivity contribution < 1.29 is 0 Å². The molecule has 3 aromatic rings. The van der Waals surface area contributed by atoms with Gasteiger partial charge in [0.05, 0.1) is 29.3 Å². The highest BCUT2D eigenvalue weighted by molar-refractivity contribution is 5.70. The van der Waals surface area contributed by atoms with Crippen LogP contribution in [0.4, 0.5) is 5.69 Å². The van der Waals surface area contributed by atoms with Crippen LogP contribution in [0.1, 0.15) is 11.3 Å². The molecule has 1 aliphatic heterocycles. The monoisotopic (exact) mass is 261 g/mol. The average molecular weight is 261 g/mol. The first-order valence-electron chi connectivity index (χ1n) is 6.79. The zero-order valence-electron chi connectivity index (χ0n) is 11.3. The van der Waals surface area contributed by atoms with Gasteiger partial charge in [0.1, 0.15) is 6.33 Å². The highest BCUT2D eigenvalue weighted by Crippen LogP contribution is 2.32. The van der Waals surface area contributed by atoms with E-state index in [0.717, 1.165) is 17.9 Å². The minimum absolute atomic E-state index is 0.806. The van der Waals surface area contributed by atoms with Crippen LogP contribution in [0, 0.1) is 6.92 Å². The third-order valence-electron chi connectivity index (χ3n) is 3.80. The molecule has 0 spiro atoms. The van der Waals surface area contributed by atoms with Gasteiger partial charge in [-0.3, -0.25) is 4.57 Å². The number of aromatic nitrogens is 2. The quantitative estimate of drug-likeness (QED) is 0.722. The Morgan fingerprint density at radius 2 is 1.85 bits per heavy atom. The molecule has 0 unspecified atom stereocenters. The van der Waals surface area contributed by atoms with Crippen LogP contribution in [0.15, 0.2) is 54.9 Å².